The molecule has 0 aromatic heterocycles. The van der Waals surface area contributed by atoms with Gasteiger partial charge in [-0.05, 0) is 73.4 Å². The van der Waals surface area contributed by atoms with E-state index in [1.165, 1.54) is 97.7 Å². The highest BCUT2D eigenvalue weighted by atomic mass is 15.2. The predicted octanol–water partition coefficient (Wildman–Crippen LogP) is 7.04. The fourth-order valence-corrected chi connectivity index (χ4v) is 5.87. The molecule has 3 aliphatic carbocycles. The van der Waals surface area contributed by atoms with Gasteiger partial charge >= 0.3 is 0 Å². The van der Waals surface area contributed by atoms with Crippen LogP contribution in [0.25, 0.3) is 11.1 Å². The lowest BCUT2D eigenvalue weighted by Gasteiger charge is -2.43. The van der Waals surface area contributed by atoms with Crippen molar-refractivity contribution in [3.8, 4) is 11.1 Å². The molecule has 0 unspecified atom stereocenters. The molecule has 2 aromatic rings. The predicted molar refractivity (Wildman–Crippen MR) is 116 cm³/mol. The standard InChI is InChI=1S/C26H33N/c1-19-12-13-20-17-21-14-15-24(18-26(21)25(20)16-19)27(22-8-4-2-5-9-22)23-10-6-3-7-11-23/h12-16,18,22-23H,2-11,17H2,1H3. The molecule has 27 heavy (non-hydrogen) atoms. The minimum Gasteiger partial charge on any atom is -0.366 e. The first-order valence-electron chi connectivity index (χ1n) is 11.3. The van der Waals surface area contributed by atoms with E-state index >= 15 is 0 Å². The highest BCUT2D eigenvalue weighted by Gasteiger charge is 2.30. The number of fused-ring (bicyclic) bond motifs is 3. The molecule has 1 nitrogen and oxygen atoms in total. The molecule has 0 bridgehead atoms. The van der Waals surface area contributed by atoms with Gasteiger partial charge in [0.15, 0.2) is 0 Å². The molecule has 142 valence electrons. The molecule has 2 saturated carbocycles. The maximum Gasteiger partial charge on any atom is 0.0377 e. The molecule has 2 fully saturated rings. The van der Waals surface area contributed by atoms with E-state index in [-0.39, 0.29) is 0 Å². The van der Waals surface area contributed by atoms with Crippen LogP contribution in [0, 0.1) is 6.92 Å². The van der Waals surface area contributed by atoms with Crippen molar-refractivity contribution in [1.29, 1.82) is 0 Å². The molecule has 1 heteroatoms. The maximum atomic E-state index is 2.88. The summed E-state index contributed by atoms with van der Waals surface area (Å²) in [7, 11) is 0. The zero-order chi connectivity index (χ0) is 18.2. The minimum atomic E-state index is 0.762. The normalized spacial score (nSPS) is 20.3. The smallest absolute Gasteiger partial charge is 0.0377 e. The lowest BCUT2D eigenvalue weighted by Crippen LogP contribution is -2.45. The van der Waals surface area contributed by atoms with Crippen LogP contribution in [0.2, 0.25) is 0 Å². The number of anilines is 1. The van der Waals surface area contributed by atoms with Crippen LogP contribution in [0.4, 0.5) is 5.69 Å². The Morgan fingerprint density at radius 3 is 1.85 bits per heavy atom. The fourth-order valence-electron chi connectivity index (χ4n) is 5.87. The van der Waals surface area contributed by atoms with E-state index in [1.54, 1.807) is 0 Å². The zero-order valence-corrected chi connectivity index (χ0v) is 16.8. The summed E-state index contributed by atoms with van der Waals surface area (Å²) < 4.78 is 0. The highest BCUT2D eigenvalue weighted by molar-refractivity contribution is 5.80. The van der Waals surface area contributed by atoms with Crippen molar-refractivity contribution in [2.45, 2.75) is 89.6 Å². The molecule has 0 N–H and O–H groups in total. The summed E-state index contributed by atoms with van der Waals surface area (Å²) in [6.07, 6.45) is 15.2. The number of hydrogen-bond donors (Lipinski definition) is 0. The van der Waals surface area contributed by atoms with Crippen LogP contribution in [0.5, 0.6) is 0 Å². The van der Waals surface area contributed by atoms with E-state index in [9.17, 15) is 0 Å². The number of aryl methyl sites for hydroxylation is 1. The molecule has 0 aliphatic heterocycles. The maximum absolute atomic E-state index is 2.88. The molecule has 0 spiro atoms. The highest BCUT2D eigenvalue weighted by Crippen LogP contribution is 2.41. The minimum absolute atomic E-state index is 0.762. The molecule has 0 amide bonds. The Labute approximate surface area is 164 Å². The topological polar surface area (TPSA) is 3.24 Å². The van der Waals surface area contributed by atoms with E-state index < -0.39 is 0 Å². The van der Waals surface area contributed by atoms with Gasteiger partial charge in [0.2, 0.25) is 0 Å². The van der Waals surface area contributed by atoms with Crippen molar-refractivity contribution in [3.63, 3.8) is 0 Å². The van der Waals surface area contributed by atoms with Crippen molar-refractivity contribution in [2.24, 2.45) is 0 Å². The summed E-state index contributed by atoms with van der Waals surface area (Å²) in [5.74, 6) is 0. The van der Waals surface area contributed by atoms with Crippen LogP contribution in [-0.4, -0.2) is 12.1 Å². The van der Waals surface area contributed by atoms with Gasteiger partial charge in [0.1, 0.15) is 0 Å². The average Bonchev–Trinajstić information content (AvgIpc) is 3.07. The van der Waals surface area contributed by atoms with Crippen LogP contribution in [0.1, 0.15) is 80.9 Å². The molecule has 0 radical (unpaired) electrons. The summed E-state index contributed by atoms with van der Waals surface area (Å²) >= 11 is 0. The van der Waals surface area contributed by atoms with Crippen molar-refractivity contribution < 1.29 is 0 Å². The summed E-state index contributed by atoms with van der Waals surface area (Å²) in [5, 5.41) is 0. The fraction of sp³-hybridized carbons (Fsp3) is 0.538. The SMILES string of the molecule is Cc1ccc2c(c1)-c1cc(N(C3CCCCC3)C3CCCCC3)ccc1C2. The van der Waals surface area contributed by atoms with E-state index in [0.717, 1.165) is 18.5 Å². The van der Waals surface area contributed by atoms with E-state index in [4.69, 9.17) is 0 Å². The molecular formula is C26H33N. The van der Waals surface area contributed by atoms with E-state index in [1.807, 2.05) is 0 Å². The first-order chi connectivity index (χ1) is 13.3. The van der Waals surface area contributed by atoms with Crippen LogP contribution in [-0.2, 0) is 6.42 Å². The van der Waals surface area contributed by atoms with Gasteiger partial charge in [0.05, 0.1) is 0 Å². The lowest BCUT2D eigenvalue weighted by atomic mass is 9.88. The number of benzene rings is 2. The van der Waals surface area contributed by atoms with Crippen LogP contribution in [0.3, 0.4) is 0 Å². The Morgan fingerprint density at radius 2 is 1.22 bits per heavy atom. The van der Waals surface area contributed by atoms with Crippen LogP contribution in [0.15, 0.2) is 36.4 Å². The number of hydrogen-bond acceptors (Lipinski definition) is 1. The van der Waals surface area contributed by atoms with Crippen LogP contribution < -0.4 is 4.90 Å². The summed E-state index contributed by atoms with van der Waals surface area (Å²) in [5.41, 5.74) is 8.90. The quantitative estimate of drug-likeness (QED) is 0.485. The largest absolute Gasteiger partial charge is 0.366 e. The first-order valence-corrected chi connectivity index (χ1v) is 11.3. The van der Waals surface area contributed by atoms with Crippen molar-refractivity contribution in [1.82, 2.24) is 0 Å². The summed E-state index contributed by atoms with van der Waals surface area (Å²) in [6.45, 7) is 2.22. The van der Waals surface area contributed by atoms with Gasteiger partial charge in [-0.3, -0.25) is 0 Å². The van der Waals surface area contributed by atoms with E-state index in [0.29, 0.717) is 0 Å². The third-order valence-corrected chi connectivity index (χ3v) is 7.26. The van der Waals surface area contributed by atoms with Gasteiger partial charge in [-0.15, -0.1) is 0 Å². The van der Waals surface area contributed by atoms with Crippen molar-refractivity contribution in [3.05, 3.63) is 53.1 Å². The Morgan fingerprint density at radius 1 is 0.667 bits per heavy atom. The molecule has 0 saturated heterocycles. The van der Waals surface area contributed by atoms with Gasteiger partial charge in [0, 0.05) is 17.8 Å². The third-order valence-electron chi connectivity index (χ3n) is 7.26. The summed E-state index contributed by atoms with van der Waals surface area (Å²) in [6, 6.07) is 15.9. The van der Waals surface area contributed by atoms with E-state index in [2.05, 4.69) is 48.2 Å². The first kappa shape index (κ1) is 17.3. The summed E-state index contributed by atoms with van der Waals surface area (Å²) in [4.78, 5) is 2.88. The van der Waals surface area contributed by atoms with Crippen molar-refractivity contribution in [2.75, 3.05) is 4.90 Å². The molecule has 0 atom stereocenters. The second-order valence-corrected chi connectivity index (χ2v) is 9.17. The Hall–Kier alpha value is -1.76. The molecule has 3 aliphatic rings. The van der Waals surface area contributed by atoms with Gasteiger partial charge in [-0.1, -0.05) is 68.4 Å². The van der Waals surface area contributed by atoms with Gasteiger partial charge in [-0.2, -0.15) is 0 Å². The van der Waals surface area contributed by atoms with Gasteiger partial charge in [-0.25, -0.2) is 0 Å². The molecule has 5 rings (SSSR count). The number of rotatable bonds is 3. The van der Waals surface area contributed by atoms with Gasteiger partial charge < -0.3 is 4.90 Å². The average molecular weight is 360 g/mol. The Balaban J connectivity index is 1.53. The Kier molecular flexibility index (Phi) is 4.71. The third kappa shape index (κ3) is 3.30. The number of nitrogens with zero attached hydrogens (tertiary/aromatic N) is 1. The second-order valence-electron chi connectivity index (χ2n) is 9.17. The monoisotopic (exact) mass is 359 g/mol. The van der Waals surface area contributed by atoms with Gasteiger partial charge in [0.25, 0.3) is 0 Å². The molecule has 2 aromatic carbocycles. The van der Waals surface area contributed by atoms with Crippen molar-refractivity contribution >= 4 is 5.69 Å². The second kappa shape index (κ2) is 7.34. The molecular weight excluding hydrogens is 326 g/mol. The molecule has 0 heterocycles. The van der Waals surface area contributed by atoms with Crippen LogP contribution >= 0.6 is 0 Å². The lowest BCUT2D eigenvalue weighted by molar-refractivity contribution is 0.340. The zero-order valence-electron chi connectivity index (χ0n) is 16.8. The Bertz CT molecular complexity index is 791.